The Morgan fingerprint density at radius 3 is 1.95 bits per heavy atom. The number of rotatable bonds is 6. The van der Waals surface area contributed by atoms with Gasteiger partial charge in [0, 0.05) is 19.8 Å². The van der Waals surface area contributed by atoms with Crippen molar-refractivity contribution in [3.63, 3.8) is 0 Å². The van der Waals surface area contributed by atoms with Gasteiger partial charge in [0.2, 0.25) is 0 Å². The van der Waals surface area contributed by atoms with Crippen molar-refractivity contribution < 1.29 is 9.84 Å². The first-order chi connectivity index (χ1) is 10.1. The van der Waals surface area contributed by atoms with E-state index in [1.54, 1.807) is 0 Å². The van der Waals surface area contributed by atoms with Crippen LogP contribution in [0.4, 0.5) is 5.69 Å². The van der Waals surface area contributed by atoms with Crippen molar-refractivity contribution in [2.75, 3.05) is 25.6 Å². The molecule has 0 aliphatic rings. The molecule has 1 unspecified atom stereocenters. The standard InChI is InChI=1S/C18H23NO2/c1-4-13-21-17-11-7-15(8-12-17)18(20)14-5-9-16(10-6-14)19(2)3/h5-12,18,20H,4,13H2,1-3H3. The summed E-state index contributed by atoms with van der Waals surface area (Å²) in [4.78, 5) is 2.04. The van der Waals surface area contributed by atoms with E-state index in [0.717, 1.165) is 29.0 Å². The third-order valence-electron chi connectivity index (χ3n) is 3.39. The number of benzene rings is 2. The van der Waals surface area contributed by atoms with Crippen LogP contribution >= 0.6 is 0 Å². The lowest BCUT2D eigenvalue weighted by Crippen LogP contribution is -2.08. The zero-order valence-electron chi connectivity index (χ0n) is 12.9. The summed E-state index contributed by atoms with van der Waals surface area (Å²) in [6.45, 7) is 2.80. The largest absolute Gasteiger partial charge is 0.494 e. The highest BCUT2D eigenvalue weighted by atomic mass is 16.5. The van der Waals surface area contributed by atoms with Gasteiger partial charge in [-0.15, -0.1) is 0 Å². The average Bonchev–Trinajstić information content (AvgIpc) is 2.53. The Kier molecular flexibility index (Phi) is 5.23. The van der Waals surface area contributed by atoms with Gasteiger partial charge in [0.25, 0.3) is 0 Å². The van der Waals surface area contributed by atoms with E-state index in [1.807, 2.05) is 67.5 Å². The maximum absolute atomic E-state index is 10.4. The summed E-state index contributed by atoms with van der Waals surface area (Å²) < 4.78 is 5.55. The first-order valence-corrected chi connectivity index (χ1v) is 7.30. The lowest BCUT2D eigenvalue weighted by molar-refractivity contribution is 0.220. The van der Waals surface area contributed by atoms with E-state index in [4.69, 9.17) is 4.74 Å². The highest BCUT2D eigenvalue weighted by Gasteiger charge is 2.10. The van der Waals surface area contributed by atoms with Crippen LogP contribution in [-0.2, 0) is 0 Å². The number of aliphatic hydroxyl groups is 1. The minimum atomic E-state index is -0.610. The minimum absolute atomic E-state index is 0.610. The van der Waals surface area contributed by atoms with Crippen LogP contribution in [0.25, 0.3) is 0 Å². The molecule has 112 valence electrons. The molecule has 0 spiro atoms. The van der Waals surface area contributed by atoms with Crippen LogP contribution in [0, 0.1) is 0 Å². The highest BCUT2D eigenvalue weighted by Crippen LogP contribution is 2.25. The lowest BCUT2D eigenvalue weighted by atomic mass is 10.0. The molecule has 2 rings (SSSR count). The fraction of sp³-hybridized carbons (Fsp3) is 0.333. The van der Waals surface area contributed by atoms with Crippen LogP contribution in [0.15, 0.2) is 48.5 Å². The number of hydrogen-bond donors (Lipinski definition) is 1. The molecule has 0 aliphatic heterocycles. The number of nitrogens with zero attached hydrogens (tertiary/aromatic N) is 1. The van der Waals surface area contributed by atoms with E-state index < -0.39 is 6.10 Å². The van der Waals surface area contributed by atoms with Crippen LogP contribution in [-0.4, -0.2) is 25.8 Å². The molecule has 0 amide bonds. The third-order valence-corrected chi connectivity index (χ3v) is 3.39. The summed E-state index contributed by atoms with van der Waals surface area (Å²) in [5.41, 5.74) is 2.88. The van der Waals surface area contributed by atoms with E-state index in [-0.39, 0.29) is 0 Å². The van der Waals surface area contributed by atoms with Gasteiger partial charge in [-0.25, -0.2) is 0 Å². The molecule has 21 heavy (non-hydrogen) atoms. The Balaban J connectivity index is 2.10. The molecule has 2 aromatic rings. The average molecular weight is 285 g/mol. The summed E-state index contributed by atoms with van der Waals surface area (Å²) in [7, 11) is 4.00. The Labute approximate surface area is 126 Å². The second-order valence-corrected chi connectivity index (χ2v) is 5.31. The van der Waals surface area contributed by atoms with Gasteiger partial charge in [-0.2, -0.15) is 0 Å². The molecule has 1 N–H and O–H groups in total. The van der Waals surface area contributed by atoms with E-state index >= 15 is 0 Å². The van der Waals surface area contributed by atoms with Crippen LogP contribution in [0.3, 0.4) is 0 Å². The van der Waals surface area contributed by atoms with Crippen molar-refractivity contribution in [3.8, 4) is 5.75 Å². The smallest absolute Gasteiger partial charge is 0.119 e. The quantitative estimate of drug-likeness (QED) is 0.880. The number of anilines is 1. The van der Waals surface area contributed by atoms with Gasteiger partial charge in [-0.1, -0.05) is 31.2 Å². The molecular weight excluding hydrogens is 262 g/mol. The van der Waals surface area contributed by atoms with E-state index in [2.05, 4.69) is 6.92 Å². The second-order valence-electron chi connectivity index (χ2n) is 5.31. The van der Waals surface area contributed by atoms with Crippen LogP contribution in [0.2, 0.25) is 0 Å². The molecular formula is C18H23NO2. The van der Waals surface area contributed by atoms with Gasteiger partial charge in [-0.3, -0.25) is 0 Å². The van der Waals surface area contributed by atoms with Crippen LogP contribution in [0.5, 0.6) is 5.75 Å². The lowest BCUT2D eigenvalue weighted by Gasteiger charge is -2.16. The predicted molar refractivity (Wildman–Crippen MR) is 87.1 cm³/mol. The Morgan fingerprint density at radius 1 is 0.952 bits per heavy atom. The fourth-order valence-electron chi connectivity index (χ4n) is 2.11. The Morgan fingerprint density at radius 2 is 1.48 bits per heavy atom. The SMILES string of the molecule is CCCOc1ccc(C(O)c2ccc(N(C)C)cc2)cc1. The topological polar surface area (TPSA) is 32.7 Å². The van der Waals surface area contributed by atoms with Crippen molar-refractivity contribution in [1.82, 2.24) is 0 Å². The molecule has 0 aromatic heterocycles. The van der Waals surface area contributed by atoms with Gasteiger partial charge in [0.15, 0.2) is 0 Å². The van der Waals surface area contributed by atoms with Crippen LogP contribution in [0.1, 0.15) is 30.6 Å². The van der Waals surface area contributed by atoms with E-state index in [0.29, 0.717) is 6.61 Å². The monoisotopic (exact) mass is 285 g/mol. The highest BCUT2D eigenvalue weighted by molar-refractivity contribution is 5.47. The van der Waals surface area contributed by atoms with Crippen LogP contribution < -0.4 is 9.64 Å². The molecule has 0 radical (unpaired) electrons. The molecule has 0 saturated heterocycles. The Bertz CT molecular complexity index is 546. The van der Waals surface area contributed by atoms with E-state index in [1.165, 1.54) is 0 Å². The molecule has 1 atom stereocenters. The molecule has 0 aliphatic carbocycles. The zero-order valence-corrected chi connectivity index (χ0v) is 12.9. The molecule has 3 heteroatoms. The van der Waals surface area contributed by atoms with Crippen molar-refractivity contribution in [2.45, 2.75) is 19.4 Å². The van der Waals surface area contributed by atoms with Crippen molar-refractivity contribution in [2.24, 2.45) is 0 Å². The normalized spacial score (nSPS) is 12.0. The summed E-state index contributed by atoms with van der Waals surface area (Å²) >= 11 is 0. The first-order valence-electron chi connectivity index (χ1n) is 7.30. The number of hydrogen-bond acceptors (Lipinski definition) is 3. The van der Waals surface area contributed by atoms with Crippen molar-refractivity contribution >= 4 is 5.69 Å². The van der Waals surface area contributed by atoms with Gasteiger partial charge in [0.05, 0.1) is 6.61 Å². The molecule has 3 nitrogen and oxygen atoms in total. The van der Waals surface area contributed by atoms with Gasteiger partial charge in [0.1, 0.15) is 11.9 Å². The molecule has 2 aromatic carbocycles. The molecule has 0 saturated carbocycles. The van der Waals surface area contributed by atoms with Gasteiger partial charge in [-0.05, 0) is 41.8 Å². The maximum Gasteiger partial charge on any atom is 0.119 e. The summed E-state index contributed by atoms with van der Waals surface area (Å²) in [6, 6.07) is 15.6. The summed E-state index contributed by atoms with van der Waals surface area (Å²) in [5.74, 6) is 0.843. The summed E-state index contributed by atoms with van der Waals surface area (Å²) in [5, 5.41) is 10.4. The third kappa shape index (κ3) is 3.99. The molecule has 0 bridgehead atoms. The number of ether oxygens (including phenoxy) is 1. The van der Waals surface area contributed by atoms with Crippen molar-refractivity contribution in [1.29, 1.82) is 0 Å². The second kappa shape index (κ2) is 7.14. The first kappa shape index (κ1) is 15.4. The van der Waals surface area contributed by atoms with E-state index in [9.17, 15) is 5.11 Å². The van der Waals surface area contributed by atoms with Crippen molar-refractivity contribution in [3.05, 3.63) is 59.7 Å². The predicted octanol–water partition coefficient (Wildman–Crippen LogP) is 3.62. The fourth-order valence-corrected chi connectivity index (χ4v) is 2.11. The maximum atomic E-state index is 10.4. The minimum Gasteiger partial charge on any atom is -0.494 e. The molecule has 0 fully saturated rings. The zero-order chi connectivity index (χ0) is 15.2. The summed E-state index contributed by atoms with van der Waals surface area (Å²) in [6.07, 6.45) is 0.379. The van der Waals surface area contributed by atoms with Gasteiger partial charge >= 0.3 is 0 Å². The molecule has 0 heterocycles. The Hall–Kier alpha value is -2.00. The van der Waals surface area contributed by atoms with Gasteiger partial charge < -0.3 is 14.7 Å². The number of aliphatic hydroxyl groups excluding tert-OH is 1.